The maximum absolute atomic E-state index is 15.3. The lowest BCUT2D eigenvalue weighted by Crippen LogP contribution is -2.08. The first-order chi connectivity index (χ1) is 19.9. The van der Waals surface area contributed by atoms with Crippen LogP contribution in [0, 0.1) is 5.82 Å². The Labute approximate surface area is 238 Å². The second-order valence-electron chi connectivity index (χ2n) is 11.3. The Kier molecular flexibility index (Phi) is 6.01. The molecule has 0 saturated heterocycles. The van der Waals surface area contributed by atoms with Crippen LogP contribution in [0.2, 0.25) is 0 Å². The van der Waals surface area contributed by atoms with Crippen molar-refractivity contribution in [3.63, 3.8) is 0 Å². The third-order valence-electron chi connectivity index (χ3n) is 8.05. The Morgan fingerprint density at radius 1 is 0.659 bits per heavy atom. The van der Waals surface area contributed by atoms with Gasteiger partial charge in [0.05, 0.1) is 22.3 Å². The molecule has 0 amide bonds. The predicted octanol–water partition coefficient (Wildman–Crippen LogP) is 10.6. The molecule has 0 N–H and O–H groups in total. The fourth-order valence-electron chi connectivity index (χ4n) is 6.11. The molecule has 41 heavy (non-hydrogen) atoms. The zero-order chi connectivity index (χ0) is 28.2. The summed E-state index contributed by atoms with van der Waals surface area (Å²) >= 11 is 0. The minimum absolute atomic E-state index is 0.266. The number of furan rings is 1. The van der Waals surface area contributed by atoms with E-state index in [0.29, 0.717) is 17.4 Å². The molecule has 2 aromatic heterocycles. The average Bonchev–Trinajstić information content (AvgIpc) is 3.57. The highest BCUT2D eigenvalue weighted by Gasteiger charge is 2.25. The van der Waals surface area contributed by atoms with E-state index >= 15 is 4.39 Å². The van der Waals surface area contributed by atoms with Crippen LogP contribution in [0.5, 0.6) is 0 Å². The van der Waals surface area contributed by atoms with E-state index < -0.39 is 0 Å². The van der Waals surface area contributed by atoms with Crippen LogP contribution in [0.1, 0.15) is 50.7 Å². The van der Waals surface area contributed by atoms with Crippen molar-refractivity contribution in [3.05, 3.63) is 120 Å². The highest BCUT2D eigenvalue weighted by molar-refractivity contribution is 6.15. The fraction of sp³-hybridized carbons (Fsp3) is 0.162. The zero-order valence-electron chi connectivity index (χ0n) is 23.7. The smallest absolute Gasteiger partial charge is 0.171 e. The van der Waals surface area contributed by atoms with Crippen molar-refractivity contribution in [2.45, 2.75) is 39.5 Å². The third kappa shape index (κ3) is 3.97. The van der Waals surface area contributed by atoms with Crippen molar-refractivity contribution in [2.75, 3.05) is 0 Å². The highest BCUT2D eigenvalue weighted by atomic mass is 19.1. The Morgan fingerprint density at radius 3 is 2.07 bits per heavy atom. The van der Waals surface area contributed by atoms with Crippen LogP contribution in [-0.4, -0.2) is 9.55 Å². The standard InChI is InChI=1S/C37H31FN2O/c1-22(2)25-14-10-15-26(23(3)4)34(25)40-32-19-9-8-18-31(32)39-37(40)29-17-11-16-28-33-27(24-12-6-5-7-13-24)20-21-30(38)36(33)41-35(28)29/h5-23H,1-4H3. The van der Waals surface area contributed by atoms with Crippen molar-refractivity contribution in [2.24, 2.45) is 0 Å². The van der Waals surface area contributed by atoms with Gasteiger partial charge in [0.25, 0.3) is 0 Å². The van der Waals surface area contributed by atoms with Gasteiger partial charge in [-0.2, -0.15) is 0 Å². The second-order valence-corrected chi connectivity index (χ2v) is 11.3. The first-order valence-corrected chi connectivity index (χ1v) is 14.2. The summed E-state index contributed by atoms with van der Waals surface area (Å²) in [7, 11) is 0. The SMILES string of the molecule is CC(C)c1cccc(C(C)C)c1-n1c(-c2cccc3c2oc2c(F)ccc(-c4ccccc4)c23)nc2ccccc21. The Balaban J connectivity index is 1.60. The molecule has 7 aromatic rings. The van der Waals surface area contributed by atoms with Gasteiger partial charge in [-0.05, 0) is 58.4 Å². The molecule has 0 saturated carbocycles. The molecule has 0 aliphatic carbocycles. The van der Waals surface area contributed by atoms with Crippen LogP contribution >= 0.6 is 0 Å². The quantitative estimate of drug-likeness (QED) is 0.218. The monoisotopic (exact) mass is 538 g/mol. The van der Waals surface area contributed by atoms with Gasteiger partial charge in [0, 0.05) is 10.8 Å². The van der Waals surface area contributed by atoms with E-state index in [1.165, 1.54) is 17.2 Å². The molecule has 3 nitrogen and oxygen atoms in total. The number of nitrogens with zero attached hydrogens (tertiary/aromatic N) is 2. The summed E-state index contributed by atoms with van der Waals surface area (Å²) in [5.74, 6) is 1.03. The van der Waals surface area contributed by atoms with Crippen LogP contribution in [0.3, 0.4) is 0 Å². The molecule has 202 valence electrons. The van der Waals surface area contributed by atoms with Gasteiger partial charge in [-0.3, -0.25) is 4.57 Å². The summed E-state index contributed by atoms with van der Waals surface area (Å²) < 4.78 is 24.1. The minimum atomic E-state index is -0.373. The van der Waals surface area contributed by atoms with Crippen LogP contribution in [0.25, 0.3) is 61.2 Å². The highest BCUT2D eigenvalue weighted by Crippen LogP contribution is 2.43. The summed E-state index contributed by atoms with van der Waals surface area (Å²) in [5.41, 5.74) is 9.30. The summed E-state index contributed by atoms with van der Waals surface area (Å²) in [6.45, 7) is 8.93. The maximum atomic E-state index is 15.3. The summed E-state index contributed by atoms with van der Waals surface area (Å²) in [5, 5.41) is 1.65. The number of rotatable bonds is 5. The summed E-state index contributed by atoms with van der Waals surface area (Å²) in [6.07, 6.45) is 0. The molecule has 0 bridgehead atoms. The number of benzene rings is 5. The fourth-order valence-corrected chi connectivity index (χ4v) is 6.11. The second kappa shape index (κ2) is 9.74. The number of para-hydroxylation sites is 4. The molecule has 7 rings (SSSR count). The van der Waals surface area contributed by atoms with Gasteiger partial charge in [0.15, 0.2) is 11.4 Å². The normalized spacial score (nSPS) is 12.0. The van der Waals surface area contributed by atoms with Gasteiger partial charge in [0.2, 0.25) is 0 Å². The summed E-state index contributed by atoms with van der Waals surface area (Å²) in [6, 6.07) is 34.3. The lowest BCUT2D eigenvalue weighted by Gasteiger charge is -2.22. The van der Waals surface area contributed by atoms with E-state index in [4.69, 9.17) is 9.40 Å². The number of hydrogen-bond acceptors (Lipinski definition) is 2. The largest absolute Gasteiger partial charge is 0.452 e. The van der Waals surface area contributed by atoms with E-state index in [0.717, 1.165) is 50.0 Å². The van der Waals surface area contributed by atoms with E-state index in [-0.39, 0.29) is 11.4 Å². The lowest BCUT2D eigenvalue weighted by atomic mass is 9.92. The molecule has 5 aromatic carbocycles. The zero-order valence-corrected chi connectivity index (χ0v) is 23.7. The first-order valence-electron chi connectivity index (χ1n) is 14.2. The number of halogens is 1. The third-order valence-corrected chi connectivity index (χ3v) is 8.05. The topological polar surface area (TPSA) is 31.0 Å². The molecule has 0 aliphatic heterocycles. The maximum Gasteiger partial charge on any atom is 0.171 e. The van der Waals surface area contributed by atoms with Crippen LogP contribution in [0.4, 0.5) is 4.39 Å². The van der Waals surface area contributed by atoms with Gasteiger partial charge in [-0.1, -0.05) is 107 Å². The van der Waals surface area contributed by atoms with Crippen LogP contribution in [-0.2, 0) is 0 Å². The molecule has 0 aliphatic rings. The van der Waals surface area contributed by atoms with Crippen LogP contribution in [0.15, 0.2) is 108 Å². The molecular weight excluding hydrogens is 507 g/mol. The van der Waals surface area contributed by atoms with Crippen molar-refractivity contribution < 1.29 is 8.81 Å². The Hall–Kier alpha value is -4.70. The molecule has 0 radical (unpaired) electrons. The van der Waals surface area contributed by atoms with Gasteiger partial charge in [-0.25, -0.2) is 9.37 Å². The van der Waals surface area contributed by atoms with Gasteiger partial charge >= 0.3 is 0 Å². The van der Waals surface area contributed by atoms with Crippen molar-refractivity contribution >= 4 is 33.0 Å². The van der Waals surface area contributed by atoms with E-state index in [2.05, 4.69) is 62.6 Å². The van der Waals surface area contributed by atoms with Gasteiger partial charge < -0.3 is 4.42 Å². The minimum Gasteiger partial charge on any atom is -0.452 e. The Morgan fingerprint density at radius 2 is 1.34 bits per heavy atom. The average molecular weight is 539 g/mol. The summed E-state index contributed by atoms with van der Waals surface area (Å²) in [4.78, 5) is 5.19. The van der Waals surface area contributed by atoms with Crippen molar-refractivity contribution in [1.29, 1.82) is 0 Å². The molecule has 0 fully saturated rings. The van der Waals surface area contributed by atoms with Crippen molar-refractivity contribution in [3.8, 4) is 28.2 Å². The first kappa shape index (κ1) is 25.3. The number of imidazole rings is 1. The van der Waals surface area contributed by atoms with E-state index in [9.17, 15) is 0 Å². The van der Waals surface area contributed by atoms with Crippen molar-refractivity contribution in [1.82, 2.24) is 9.55 Å². The number of fused-ring (bicyclic) bond motifs is 4. The molecule has 2 heterocycles. The molecule has 0 unspecified atom stereocenters. The molecule has 4 heteroatoms. The predicted molar refractivity (Wildman–Crippen MR) is 167 cm³/mol. The lowest BCUT2D eigenvalue weighted by molar-refractivity contribution is 0.584. The molecular formula is C37H31FN2O. The Bertz CT molecular complexity index is 2040. The van der Waals surface area contributed by atoms with E-state index in [1.54, 1.807) is 0 Å². The molecule has 0 spiro atoms. The van der Waals surface area contributed by atoms with E-state index in [1.807, 2.05) is 66.7 Å². The molecule has 0 atom stereocenters. The number of aromatic nitrogens is 2. The number of hydrogen-bond donors (Lipinski definition) is 0. The van der Waals surface area contributed by atoms with Crippen LogP contribution < -0.4 is 0 Å². The van der Waals surface area contributed by atoms with Gasteiger partial charge in [-0.15, -0.1) is 0 Å². The van der Waals surface area contributed by atoms with Gasteiger partial charge in [0.1, 0.15) is 11.4 Å².